The van der Waals surface area contributed by atoms with E-state index in [0.717, 1.165) is 18.8 Å². The highest BCUT2D eigenvalue weighted by molar-refractivity contribution is 5.59. The minimum Gasteiger partial charge on any atom is -0.358 e. The highest BCUT2D eigenvalue weighted by Gasteiger charge is 2.21. The Morgan fingerprint density at radius 2 is 1.91 bits per heavy atom. The fraction of sp³-hybridized carbons (Fsp3) is 0.458. The molecule has 1 aliphatic carbocycles. The summed E-state index contributed by atoms with van der Waals surface area (Å²) < 4.78 is 22.2. The van der Waals surface area contributed by atoms with Gasteiger partial charge in [-0.3, -0.25) is 9.13 Å². The predicted molar refractivity (Wildman–Crippen MR) is 122 cm³/mol. The second-order valence-corrected chi connectivity index (χ2v) is 8.44. The molecule has 2 heterocycles. The van der Waals surface area contributed by atoms with E-state index in [1.54, 1.807) is 30.6 Å². The zero-order chi connectivity index (χ0) is 22.7. The van der Waals surface area contributed by atoms with Crippen molar-refractivity contribution in [3.05, 3.63) is 59.0 Å². The molecule has 1 aromatic carbocycles. The molecule has 2 aromatic heterocycles. The van der Waals surface area contributed by atoms with Crippen LogP contribution in [-0.4, -0.2) is 31.8 Å². The summed E-state index contributed by atoms with van der Waals surface area (Å²) >= 11 is 0. The summed E-state index contributed by atoms with van der Waals surface area (Å²) in [6, 6.07) is 7.97. The van der Waals surface area contributed by atoms with E-state index in [4.69, 9.17) is 9.72 Å². The average Bonchev–Trinajstić information content (AvgIpc) is 3.13. The summed E-state index contributed by atoms with van der Waals surface area (Å²) in [7, 11) is 0. The Morgan fingerprint density at radius 3 is 2.59 bits per heavy atom. The fourth-order valence-corrected chi connectivity index (χ4v) is 4.22. The SMILES string of the molecule is CCOC(C)n1cc(-c2ccnc(N[C@H]3CC[C@H](C)CC3)n2)n(-c2ccc(F)cc2)c1=O. The van der Waals surface area contributed by atoms with Crippen LogP contribution in [0.1, 0.15) is 52.7 Å². The van der Waals surface area contributed by atoms with Gasteiger partial charge in [-0.1, -0.05) is 6.92 Å². The van der Waals surface area contributed by atoms with Gasteiger partial charge in [0, 0.05) is 25.0 Å². The van der Waals surface area contributed by atoms with Crippen LogP contribution in [0.15, 0.2) is 47.5 Å². The summed E-state index contributed by atoms with van der Waals surface area (Å²) in [6.07, 6.45) is 7.56. The molecule has 1 atom stereocenters. The molecule has 8 heteroatoms. The van der Waals surface area contributed by atoms with Crippen molar-refractivity contribution in [3.8, 4) is 17.1 Å². The summed E-state index contributed by atoms with van der Waals surface area (Å²) in [5.74, 6) is 0.948. The first-order chi connectivity index (χ1) is 15.5. The molecule has 0 aliphatic heterocycles. The third-order valence-corrected chi connectivity index (χ3v) is 6.07. The summed E-state index contributed by atoms with van der Waals surface area (Å²) in [5.41, 5.74) is 1.48. The molecule has 1 aliphatic rings. The summed E-state index contributed by atoms with van der Waals surface area (Å²) in [4.78, 5) is 22.4. The van der Waals surface area contributed by atoms with E-state index >= 15 is 0 Å². The van der Waals surface area contributed by atoms with Crippen molar-refractivity contribution in [3.63, 3.8) is 0 Å². The topological polar surface area (TPSA) is 74.0 Å². The number of nitrogens with one attached hydrogen (secondary N) is 1. The molecule has 0 bridgehead atoms. The second kappa shape index (κ2) is 9.65. The van der Waals surface area contributed by atoms with Crippen LogP contribution in [0, 0.1) is 11.7 Å². The molecule has 0 saturated heterocycles. The average molecular weight is 440 g/mol. The lowest BCUT2D eigenvalue weighted by molar-refractivity contribution is 0.0223. The predicted octanol–water partition coefficient (Wildman–Crippen LogP) is 4.78. The number of benzene rings is 1. The first-order valence-electron chi connectivity index (χ1n) is 11.3. The highest BCUT2D eigenvalue weighted by atomic mass is 19.1. The van der Waals surface area contributed by atoms with Crippen molar-refractivity contribution >= 4 is 5.95 Å². The summed E-state index contributed by atoms with van der Waals surface area (Å²) in [6.45, 7) is 6.47. The lowest BCUT2D eigenvalue weighted by atomic mass is 9.87. The number of rotatable bonds is 7. The molecule has 32 heavy (non-hydrogen) atoms. The van der Waals surface area contributed by atoms with Crippen LogP contribution in [0.5, 0.6) is 0 Å². The van der Waals surface area contributed by atoms with Crippen LogP contribution in [0.4, 0.5) is 10.3 Å². The minimum absolute atomic E-state index is 0.276. The van der Waals surface area contributed by atoms with Crippen LogP contribution in [0.2, 0.25) is 0 Å². The number of hydrogen-bond acceptors (Lipinski definition) is 5. The maximum atomic E-state index is 13.5. The molecule has 7 nitrogen and oxygen atoms in total. The molecule has 0 radical (unpaired) electrons. The second-order valence-electron chi connectivity index (χ2n) is 8.44. The van der Waals surface area contributed by atoms with Crippen molar-refractivity contribution in [1.82, 2.24) is 19.1 Å². The molecule has 4 rings (SSSR count). The van der Waals surface area contributed by atoms with Crippen molar-refractivity contribution in [2.75, 3.05) is 11.9 Å². The van der Waals surface area contributed by atoms with Crippen molar-refractivity contribution < 1.29 is 9.13 Å². The third-order valence-electron chi connectivity index (χ3n) is 6.07. The Kier molecular flexibility index (Phi) is 6.69. The number of hydrogen-bond donors (Lipinski definition) is 1. The Labute approximate surface area is 187 Å². The zero-order valence-electron chi connectivity index (χ0n) is 18.8. The normalized spacial score (nSPS) is 19.6. The molecule has 3 aromatic rings. The largest absolute Gasteiger partial charge is 0.358 e. The number of imidazole rings is 1. The fourth-order valence-electron chi connectivity index (χ4n) is 4.22. The van der Waals surface area contributed by atoms with Crippen LogP contribution in [0.3, 0.4) is 0 Å². The Hall–Kier alpha value is -3.00. The third kappa shape index (κ3) is 4.75. The smallest absolute Gasteiger partial charge is 0.335 e. The molecule has 0 amide bonds. The number of halogens is 1. The van der Waals surface area contributed by atoms with E-state index in [9.17, 15) is 9.18 Å². The van der Waals surface area contributed by atoms with Gasteiger partial charge >= 0.3 is 5.69 Å². The van der Waals surface area contributed by atoms with E-state index in [1.807, 2.05) is 13.8 Å². The lowest BCUT2D eigenvalue weighted by Gasteiger charge is -2.26. The van der Waals surface area contributed by atoms with Gasteiger partial charge in [0.05, 0.1) is 17.1 Å². The molecule has 1 saturated carbocycles. The highest BCUT2D eigenvalue weighted by Crippen LogP contribution is 2.26. The number of aromatic nitrogens is 4. The van der Waals surface area contributed by atoms with E-state index < -0.39 is 6.23 Å². The molecule has 1 N–H and O–H groups in total. The lowest BCUT2D eigenvalue weighted by Crippen LogP contribution is -2.27. The van der Waals surface area contributed by atoms with Gasteiger partial charge in [-0.2, -0.15) is 0 Å². The minimum atomic E-state index is -0.448. The summed E-state index contributed by atoms with van der Waals surface area (Å²) in [5, 5.41) is 3.45. The van der Waals surface area contributed by atoms with Crippen LogP contribution < -0.4 is 11.0 Å². The molecule has 1 unspecified atom stereocenters. The monoisotopic (exact) mass is 439 g/mol. The molecular formula is C24H30FN5O2. The number of nitrogens with zero attached hydrogens (tertiary/aromatic N) is 4. The first-order valence-corrected chi connectivity index (χ1v) is 11.3. The van der Waals surface area contributed by atoms with Crippen LogP contribution in [0.25, 0.3) is 17.1 Å². The van der Waals surface area contributed by atoms with Crippen molar-refractivity contribution in [2.24, 2.45) is 5.92 Å². The van der Waals surface area contributed by atoms with E-state index in [0.29, 0.717) is 35.7 Å². The standard InChI is InChI=1S/C24H30FN5O2/c1-4-32-17(3)29-15-22(30(24(29)31)20-11-7-18(25)8-12-20)21-13-14-26-23(28-21)27-19-9-5-16(2)6-10-19/h7-8,11-17,19H,4-6,9-10H2,1-3H3,(H,26,27,28)/t16-,17?,19-. The van der Waals surface area contributed by atoms with Gasteiger partial charge in [-0.15, -0.1) is 0 Å². The van der Waals surface area contributed by atoms with E-state index in [-0.39, 0.29) is 11.5 Å². The number of anilines is 1. The first kappa shape index (κ1) is 22.2. The van der Waals surface area contributed by atoms with Gasteiger partial charge in [-0.25, -0.2) is 19.2 Å². The van der Waals surface area contributed by atoms with Crippen molar-refractivity contribution in [1.29, 1.82) is 0 Å². The molecule has 1 fully saturated rings. The van der Waals surface area contributed by atoms with Gasteiger partial charge in [0.1, 0.15) is 12.0 Å². The van der Waals surface area contributed by atoms with Crippen molar-refractivity contribution in [2.45, 2.75) is 58.7 Å². The Bertz CT molecular complexity index is 1100. The van der Waals surface area contributed by atoms with Gasteiger partial charge in [-0.05, 0) is 75.8 Å². The van der Waals surface area contributed by atoms with Gasteiger partial charge < -0.3 is 10.1 Å². The van der Waals surface area contributed by atoms with E-state index in [1.165, 1.54) is 34.1 Å². The maximum absolute atomic E-state index is 13.5. The van der Waals surface area contributed by atoms with Gasteiger partial charge in [0.25, 0.3) is 0 Å². The van der Waals surface area contributed by atoms with Gasteiger partial charge in [0.15, 0.2) is 0 Å². The maximum Gasteiger partial charge on any atom is 0.335 e. The van der Waals surface area contributed by atoms with E-state index in [2.05, 4.69) is 17.2 Å². The molecule has 0 spiro atoms. The Balaban J connectivity index is 1.73. The Morgan fingerprint density at radius 1 is 1.19 bits per heavy atom. The zero-order valence-corrected chi connectivity index (χ0v) is 18.8. The van der Waals surface area contributed by atoms with Crippen LogP contribution in [-0.2, 0) is 4.74 Å². The van der Waals surface area contributed by atoms with Crippen LogP contribution >= 0.6 is 0 Å². The van der Waals surface area contributed by atoms with Gasteiger partial charge in [0.2, 0.25) is 5.95 Å². The molecular weight excluding hydrogens is 409 g/mol. The molecule has 170 valence electrons. The number of ether oxygens (including phenoxy) is 1. The quantitative estimate of drug-likeness (QED) is 0.573.